The summed E-state index contributed by atoms with van der Waals surface area (Å²) < 4.78 is 2.96. The van der Waals surface area contributed by atoms with Gasteiger partial charge in [0.1, 0.15) is 11.8 Å². The molecule has 2 saturated heterocycles. The van der Waals surface area contributed by atoms with Crippen molar-refractivity contribution in [2.24, 2.45) is 0 Å². The van der Waals surface area contributed by atoms with Gasteiger partial charge in [0.05, 0.1) is 12.1 Å². The smallest absolute Gasteiger partial charge is 0.277 e. The SMILES string of the molecule is O=C(c1ccc(-c2ccc(C(=O)N3CCC(O)(Cn4cnn5cccc5c4=O)CC3)cc2)cc1)N1CCCCC1. The maximum Gasteiger partial charge on any atom is 0.277 e. The molecule has 0 saturated carbocycles. The number of hydrogen-bond donors (Lipinski definition) is 1. The lowest BCUT2D eigenvalue weighted by Gasteiger charge is -2.38. The summed E-state index contributed by atoms with van der Waals surface area (Å²) in [5, 5.41) is 15.4. The van der Waals surface area contributed by atoms with Crippen LogP contribution in [0.5, 0.6) is 0 Å². The first-order valence-electron chi connectivity index (χ1n) is 13.9. The van der Waals surface area contributed by atoms with E-state index in [0.717, 1.165) is 37.1 Å². The average Bonchev–Trinajstić information content (AvgIpc) is 3.49. The Morgan fingerprint density at radius 1 is 0.775 bits per heavy atom. The van der Waals surface area contributed by atoms with E-state index in [4.69, 9.17) is 0 Å². The zero-order valence-electron chi connectivity index (χ0n) is 22.4. The maximum absolute atomic E-state index is 13.2. The third-order valence-corrected chi connectivity index (χ3v) is 8.21. The molecular formula is C31H33N5O4. The number of fused-ring (bicyclic) bond motifs is 1. The van der Waals surface area contributed by atoms with Crippen molar-refractivity contribution in [3.8, 4) is 11.1 Å². The number of aliphatic hydroxyl groups is 1. The number of benzene rings is 2. The Hall–Kier alpha value is -4.24. The number of hydrogen-bond acceptors (Lipinski definition) is 5. The lowest BCUT2D eigenvalue weighted by molar-refractivity contribution is -0.0300. The largest absolute Gasteiger partial charge is 0.388 e. The predicted molar refractivity (Wildman–Crippen MR) is 151 cm³/mol. The Bertz CT molecular complexity index is 1570. The maximum atomic E-state index is 13.2. The third-order valence-electron chi connectivity index (χ3n) is 8.21. The molecule has 206 valence electrons. The summed E-state index contributed by atoms with van der Waals surface area (Å²) >= 11 is 0. The molecule has 1 N–H and O–H groups in total. The van der Waals surface area contributed by atoms with Crippen LogP contribution < -0.4 is 5.56 Å². The van der Waals surface area contributed by atoms with E-state index >= 15 is 0 Å². The van der Waals surface area contributed by atoms with Crippen LogP contribution >= 0.6 is 0 Å². The first kappa shape index (κ1) is 26.0. The van der Waals surface area contributed by atoms with E-state index in [2.05, 4.69) is 5.10 Å². The molecule has 4 heterocycles. The van der Waals surface area contributed by atoms with Crippen molar-refractivity contribution in [1.29, 1.82) is 0 Å². The fourth-order valence-electron chi connectivity index (χ4n) is 5.75. The minimum Gasteiger partial charge on any atom is -0.388 e. The van der Waals surface area contributed by atoms with E-state index < -0.39 is 5.60 Å². The van der Waals surface area contributed by atoms with Crippen LogP contribution in [-0.4, -0.2) is 72.7 Å². The molecule has 0 atom stereocenters. The Balaban J connectivity index is 1.07. The summed E-state index contributed by atoms with van der Waals surface area (Å²) in [5.41, 5.74) is 2.43. The minimum absolute atomic E-state index is 0.0792. The van der Waals surface area contributed by atoms with E-state index in [1.807, 2.05) is 53.4 Å². The number of aromatic nitrogens is 3. The molecule has 2 aliphatic rings. The number of likely N-dealkylation sites (tertiary alicyclic amines) is 2. The second kappa shape index (κ2) is 10.7. The zero-order chi connectivity index (χ0) is 27.7. The van der Waals surface area contributed by atoms with Crippen molar-refractivity contribution >= 4 is 17.3 Å². The predicted octanol–water partition coefficient (Wildman–Crippen LogP) is 3.46. The van der Waals surface area contributed by atoms with Crippen LogP contribution in [0.15, 0.2) is 78.0 Å². The molecule has 6 rings (SSSR count). The topological polar surface area (TPSA) is 100 Å². The molecule has 9 heteroatoms. The minimum atomic E-state index is -1.08. The van der Waals surface area contributed by atoms with E-state index in [1.54, 1.807) is 23.2 Å². The quantitative estimate of drug-likeness (QED) is 0.419. The molecule has 2 aliphatic heterocycles. The van der Waals surface area contributed by atoms with Crippen LogP contribution in [0, 0.1) is 0 Å². The molecule has 0 aliphatic carbocycles. The highest BCUT2D eigenvalue weighted by Gasteiger charge is 2.35. The molecule has 4 aromatic rings. The van der Waals surface area contributed by atoms with E-state index in [9.17, 15) is 19.5 Å². The number of carbonyl (C=O) groups excluding carboxylic acids is 2. The molecule has 2 amide bonds. The van der Waals surface area contributed by atoms with Gasteiger partial charge in [-0.3, -0.25) is 19.0 Å². The van der Waals surface area contributed by atoms with Crippen molar-refractivity contribution in [2.45, 2.75) is 44.2 Å². The van der Waals surface area contributed by atoms with Crippen molar-refractivity contribution < 1.29 is 14.7 Å². The summed E-state index contributed by atoms with van der Waals surface area (Å²) in [6.45, 7) is 2.60. The van der Waals surface area contributed by atoms with Crippen molar-refractivity contribution in [3.05, 3.63) is 94.7 Å². The van der Waals surface area contributed by atoms with Crippen LogP contribution in [0.1, 0.15) is 52.8 Å². The van der Waals surface area contributed by atoms with E-state index in [0.29, 0.717) is 42.6 Å². The van der Waals surface area contributed by atoms with E-state index in [1.165, 1.54) is 21.8 Å². The highest BCUT2D eigenvalue weighted by Crippen LogP contribution is 2.26. The first-order chi connectivity index (χ1) is 19.4. The van der Waals surface area contributed by atoms with Crippen LogP contribution in [0.4, 0.5) is 0 Å². The van der Waals surface area contributed by atoms with Gasteiger partial charge in [0.15, 0.2) is 0 Å². The van der Waals surface area contributed by atoms with Gasteiger partial charge in [0, 0.05) is 43.5 Å². The molecule has 2 fully saturated rings. The van der Waals surface area contributed by atoms with E-state index in [-0.39, 0.29) is 23.9 Å². The number of piperidine rings is 2. The molecule has 0 bridgehead atoms. The molecule has 0 radical (unpaired) electrons. The monoisotopic (exact) mass is 539 g/mol. The first-order valence-corrected chi connectivity index (χ1v) is 13.9. The summed E-state index contributed by atoms with van der Waals surface area (Å²) in [6.07, 6.45) is 7.23. The Labute approximate surface area is 232 Å². The number of carbonyl (C=O) groups is 2. The van der Waals surface area contributed by atoms with Crippen molar-refractivity contribution in [2.75, 3.05) is 26.2 Å². The normalized spacial score (nSPS) is 17.2. The Morgan fingerprint density at radius 3 is 1.90 bits per heavy atom. The van der Waals surface area contributed by atoms with Gasteiger partial charge in [0.25, 0.3) is 17.4 Å². The van der Waals surface area contributed by atoms with Crippen LogP contribution in [0.2, 0.25) is 0 Å². The standard InChI is InChI=1S/C31H33N5O4/c37-28(33-16-2-1-3-17-33)25-10-6-23(7-11-25)24-8-12-26(13-9-24)29(38)34-19-14-31(40,15-20-34)21-35-22-32-36-18-4-5-27(36)30(35)39/h4-13,18,22,40H,1-3,14-17,19-21H2. The third kappa shape index (κ3) is 5.16. The number of nitrogens with zero attached hydrogens (tertiary/aromatic N) is 5. The molecule has 2 aromatic heterocycles. The fourth-order valence-corrected chi connectivity index (χ4v) is 5.75. The van der Waals surface area contributed by atoms with Gasteiger partial charge in [-0.05, 0) is 79.6 Å². The second-order valence-corrected chi connectivity index (χ2v) is 10.9. The van der Waals surface area contributed by atoms with Gasteiger partial charge >= 0.3 is 0 Å². The van der Waals surface area contributed by atoms with Crippen LogP contribution in [-0.2, 0) is 6.54 Å². The molecule has 0 unspecified atom stereocenters. The Kier molecular flexibility index (Phi) is 6.98. The molecule has 0 spiro atoms. The molecule has 2 aromatic carbocycles. The van der Waals surface area contributed by atoms with Crippen LogP contribution in [0.25, 0.3) is 16.6 Å². The van der Waals surface area contributed by atoms with Crippen molar-refractivity contribution in [1.82, 2.24) is 24.0 Å². The highest BCUT2D eigenvalue weighted by molar-refractivity contribution is 5.96. The summed E-state index contributed by atoms with van der Waals surface area (Å²) in [7, 11) is 0. The number of rotatable bonds is 5. The summed E-state index contributed by atoms with van der Waals surface area (Å²) in [4.78, 5) is 42.3. The highest BCUT2D eigenvalue weighted by atomic mass is 16.3. The van der Waals surface area contributed by atoms with Gasteiger partial charge in [-0.25, -0.2) is 4.52 Å². The van der Waals surface area contributed by atoms with Gasteiger partial charge < -0.3 is 14.9 Å². The van der Waals surface area contributed by atoms with Gasteiger partial charge in [-0.15, -0.1) is 0 Å². The molecular weight excluding hydrogens is 506 g/mol. The lowest BCUT2D eigenvalue weighted by atomic mass is 9.90. The van der Waals surface area contributed by atoms with Gasteiger partial charge in [-0.1, -0.05) is 24.3 Å². The van der Waals surface area contributed by atoms with Gasteiger partial charge in [-0.2, -0.15) is 5.10 Å². The van der Waals surface area contributed by atoms with Gasteiger partial charge in [0.2, 0.25) is 0 Å². The Morgan fingerprint density at radius 2 is 1.32 bits per heavy atom. The lowest BCUT2D eigenvalue weighted by Crippen LogP contribution is -2.49. The average molecular weight is 540 g/mol. The summed E-state index contributed by atoms with van der Waals surface area (Å²) in [5.74, 6) is 0.0101. The van der Waals surface area contributed by atoms with Crippen molar-refractivity contribution in [3.63, 3.8) is 0 Å². The van der Waals surface area contributed by atoms with Crippen LogP contribution in [0.3, 0.4) is 0 Å². The fraction of sp³-hybridized carbons (Fsp3) is 0.355. The second-order valence-electron chi connectivity index (χ2n) is 10.9. The summed E-state index contributed by atoms with van der Waals surface area (Å²) in [6, 6.07) is 18.6. The molecule has 40 heavy (non-hydrogen) atoms. The molecule has 9 nitrogen and oxygen atoms in total. The zero-order valence-corrected chi connectivity index (χ0v) is 22.4. The number of amides is 2.